The van der Waals surface area contributed by atoms with Gasteiger partial charge in [-0.25, -0.2) is 9.78 Å². The van der Waals surface area contributed by atoms with Crippen molar-refractivity contribution in [3.63, 3.8) is 0 Å². The normalized spacial score (nSPS) is 11.2. The molecule has 166 valence electrons. The van der Waals surface area contributed by atoms with Crippen LogP contribution >= 0.6 is 23.2 Å². The Morgan fingerprint density at radius 2 is 1.74 bits per heavy atom. The van der Waals surface area contributed by atoms with Crippen LogP contribution in [0.4, 0.5) is 5.69 Å². The van der Waals surface area contributed by atoms with Gasteiger partial charge in [-0.3, -0.25) is 4.99 Å². The summed E-state index contributed by atoms with van der Waals surface area (Å²) < 4.78 is 11.2. The van der Waals surface area contributed by atoms with Gasteiger partial charge in [-0.2, -0.15) is 0 Å². The van der Waals surface area contributed by atoms with Crippen LogP contribution in [0.3, 0.4) is 0 Å². The van der Waals surface area contributed by atoms with E-state index in [2.05, 4.69) is 9.98 Å². The molecule has 5 nitrogen and oxygen atoms in total. The largest absolute Gasteiger partial charge is 0.436 e. The smallest absolute Gasteiger partial charge is 0.343 e. The molecule has 0 spiro atoms. The fraction of sp³-hybridized carbons (Fsp3) is 0. The van der Waals surface area contributed by atoms with Crippen molar-refractivity contribution in [3.8, 4) is 17.2 Å². The number of oxazole rings is 1. The molecule has 0 atom stereocenters. The van der Waals surface area contributed by atoms with Gasteiger partial charge in [0, 0.05) is 22.9 Å². The van der Waals surface area contributed by atoms with Crippen LogP contribution < -0.4 is 4.74 Å². The number of aliphatic imine (C=N–C) groups is 1. The van der Waals surface area contributed by atoms with Gasteiger partial charge in [-0.15, -0.1) is 0 Å². The lowest BCUT2D eigenvalue weighted by Gasteiger charge is -2.07. The number of halogens is 2. The van der Waals surface area contributed by atoms with Gasteiger partial charge in [0.15, 0.2) is 11.3 Å². The minimum atomic E-state index is -0.529. The molecule has 0 aliphatic rings. The van der Waals surface area contributed by atoms with E-state index < -0.39 is 5.97 Å². The number of carbonyl (C=O) groups excluding carboxylic acids is 1. The first-order valence-electron chi connectivity index (χ1n) is 10.3. The van der Waals surface area contributed by atoms with Crippen molar-refractivity contribution in [1.29, 1.82) is 0 Å². The minimum absolute atomic E-state index is 0.212. The maximum absolute atomic E-state index is 12.4. The molecule has 0 N–H and O–H groups in total. The van der Waals surface area contributed by atoms with Crippen LogP contribution in [-0.2, 0) is 0 Å². The SMILES string of the molecule is O=C(Oc1cc(Cl)ccc1Cl)c1ccc(C=Nc2cccc(-c3nc4ccccc4o3)c2)cc1. The molecular weight excluding hydrogens is 471 g/mol. The molecule has 0 saturated carbocycles. The van der Waals surface area contributed by atoms with Crippen LogP contribution in [0.25, 0.3) is 22.6 Å². The Balaban J connectivity index is 1.30. The molecule has 0 aliphatic carbocycles. The first-order chi connectivity index (χ1) is 16.5. The molecule has 0 saturated heterocycles. The quantitative estimate of drug-likeness (QED) is 0.144. The third-order valence-electron chi connectivity index (χ3n) is 4.99. The summed E-state index contributed by atoms with van der Waals surface area (Å²) in [6, 6.07) is 26.8. The number of hydrogen-bond acceptors (Lipinski definition) is 5. The monoisotopic (exact) mass is 486 g/mol. The van der Waals surface area contributed by atoms with Gasteiger partial charge in [-0.05, 0) is 60.2 Å². The van der Waals surface area contributed by atoms with Crippen LogP contribution in [0.2, 0.25) is 10.0 Å². The summed E-state index contributed by atoms with van der Waals surface area (Å²) in [5, 5.41) is 0.737. The summed E-state index contributed by atoms with van der Waals surface area (Å²) in [5.74, 6) is 0.225. The molecule has 4 aromatic carbocycles. The highest BCUT2D eigenvalue weighted by Crippen LogP contribution is 2.29. The predicted octanol–water partition coefficient (Wildman–Crippen LogP) is 7.77. The second-order valence-electron chi connectivity index (χ2n) is 7.38. The molecule has 5 rings (SSSR count). The van der Waals surface area contributed by atoms with E-state index in [1.54, 1.807) is 42.6 Å². The van der Waals surface area contributed by atoms with E-state index in [1.165, 1.54) is 6.07 Å². The van der Waals surface area contributed by atoms with E-state index in [0.717, 1.165) is 27.9 Å². The zero-order chi connectivity index (χ0) is 23.5. The Morgan fingerprint density at radius 3 is 2.56 bits per heavy atom. The van der Waals surface area contributed by atoms with Gasteiger partial charge >= 0.3 is 5.97 Å². The van der Waals surface area contributed by atoms with Crippen molar-refractivity contribution in [1.82, 2.24) is 4.98 Å². The van der Waals surface area contributed by atoms with Crippen LogP contribution in [0.15, 0.2) is 100 Å². The molecule has 34 heavy (non-hydrogen) atoms. The highest BCUT2D eigenvalue weighted by atomic mass is 35.5. The van der Waals surface area contributed by atoms with Crippen molar-refractivity contribution < 1.29 is 13.9 Å². The first kappa shape index (κ1) is 21.9. The fourth-order valence-corrected chi connectivity index (χ4v) is 3.60. The number of para-hydroxylation sites is 2. The van der Waals surface area contributed by atoms with E-state index >= 15 is 0 Å². The lowest BCUT2D eigenvalue weighted by atomic mass is 10.1. The summed E-state index contributed by atoms with van der Waals surface area (Å²) in [4.78, 5) is 21.5. The minimum Gasteiger partial charge on any atom is -0.436 e. The van der Waals surface area contributed by atoms with Crippen LogP contribution in [-0.4, -0.2) is 17.2 Å². The summed E-state index contributed by atoms with van der Waals surface area (Å²) >= 11 is 12.0. The number of rotatable bonds is 5. The molecule has 0 fully saturated rings. The summed E-state index contributed by atoms with van der Waals surface area (Å²) in [7, 11) is 0. The number of esters is 1. The number of fused-ring (bicyclic) bond motifs is 1. The zero-order valence-electron chi connectivity index (χ0n) is 17.6. The summed E-state index contributed by atoms with van der Waals surface area (Å²) in [6.07, 6.45) is 1.72. The molecule has 1 heterocycles. The average Bonchev–Trinajstić information content (AvgIpc) is 3.30. The van der Waals surface area contributed by atoms with Gasteiger partial charge < -0.3 is 9.15 Å². The number of benzene rings is 4. The third kappa shape index (κ3) is 4.86. The van der Waals surface area contributed by atoms with Crippen molar-refractivity contribution in [2.45, 2.75) is 0 Å². The third-order valence-corrected chi connectivity index (χ3v) is 5.54. The lowest BCUT2D eigenvalue weighted by molar-refractivity contribution is 0.0735. The summed E-state index contributed by atoms with van der Waals surface area (Å²) in [6.45, 7) is 0. The van der Waals surface area contributed by atoms with Gasteiger partial charge in [0.2, 0.25) is 5.89 Å². The van der Waals surface area contributed by atoms with Crippen LogP contribution in [0.1, 0.15) is 15.9 Å². The second kappa shape index (κ2) is 9.51. The molecule has 0 amide bonds. The maximum Gasteiger partial charge on any atom is 0.343 e. The number of aromatic nitrogens is 1. The summed E-state index contributed by atoms with van der Waals surface area (Å²) in [5.41, 5.74) is 4.34. The van der Waals surface area contributed by atoms with Crippen molar-refractivity contribution in [2.75, 3.05) is 0 Å². The topological polar surface area (TPSA) is 64.7 Å². The molecular formula is C27H16Cl2N2O3. The van der Waals surface area contributed by atoms with Crippen molar-refractivity contribution in [3.05, 3.63) is 112 Å². The number of carbonyl (C=O) groups is 1. The molecule has 0 aliphatic heterocycles. The van der Waals surface area contributed by atoms with Gasteiger partial charge in [0.25, 0.3) is 0 Å². The van der Waals surface area contributed by atoms with Crippen LogP contribution in [0, 0.1) is 0 Å². The Morgan fingerprint density at radius 1 is 0.912 bits per heavy atom. The van der Waals surface area contributed by atoms with Gasteiger partial charge in [0.05, 0.1) is 16.3 Å². The molecule has 0 unspecified atom stereocenters. The Hall–Kier alpha value is -3.93. The Bertz CT molecular complexity index is 1490. The molecule has 7 heteroatoms. The Labute approximate surface area is 205 Å². The molecule has 0 bridgehead atoms. The number of nitrogens with zero attached hydrogens (tertiary/aromatic N) is 2. The van der Waals surface area contributed by atoms with Crippen molar-refractivity contribution >= 4 is 52.2 Å². The Kier molecular flexibility index (Phi) is 6.12. The lowest BCUT2D eigenvalue weighted by Crippen LogP contribution is -2.08. The molecule has 5 aromatic rings. The number of hydrogen-bond donors (Lipinski definition) is 0. The van der Waals surface area contributed by atoms with E-state index in [9.17, 15) is 4.79 Å². The fourth-order valence-electron chi connectivity index (χ4n) is 3.28. The average molecular weight is 487 g/mol. The van der Waals surface area contributed by atoms with E-state index in [-0.39, 0.29) is 5.75 Å². The van der Waals surface area contributed by atoms with Crippen molar-refractivity contribution in [2.24, 2.45) is 4.99 Å². The standard InChI is InChI=1S/C27H16Cl2N2O3/c28-20-12-13-22(29)25(15-20)34-27(32)18-10-8-17(9-11-18)16-30-21-5-3-4-19(14-21)26-31-23-6-1-2-7-24(23)33-26/h1-16H. The highest BCUT2D eigenvalue weighted by molar-refractivity contribution is 6.34. The van der Waals surface area contributed by atoms with E-state index in [4.69, 9.17) is 32.4 Å². The first-order valence-corrected chi connectivity index (χ1v) is 11.1. The van der Waals surface area contributed by atoms with E-state index in [0.29, 0.717) is 21.5 Å². The second-order valence-corrected chi connectivity index (χ2v) is 8.23. The number of ether oxygens (including phenoxy) is 1. The zero-order valence-corrected chi connectivity index (χ0v) is 19.1. The molecule has 0 radical (unpaired) electrons. The van der Waals surface area contributed by atoms with Gasteiger partial charge in [-0.1, -0.05) is 53.5 Å². The predicted molar refractivity (Wildman–Crippen MR) is 135 cm³/mol. The van der Waals surface area contributed by atoms with E-state index in [1.807, 2.05) is 48.5 Å². The maximum atomic E-state index is 12.4. The highest BCUT2D eigenvalue weighted by Gasteiger charge is 2.12. The van der Waals surface area contributed by atoms with Crippen LogP contribution in [0.5, 0.6) is 5.75 Å². The molecule has 1 aromatic heterocycles. The van der Waals surface area contributed by atoms with Gasteiger partial charge in [0.1, 0.15) is 5.52 Å².